The normalized spacial score (nSPS) is 12.6. The molecule has 4 nitrogen and oxygen atoms in total. The highest BCUT2D eigenvalue weighted by molar-refractivity contribution is 6.35. The van der Waals surface area contributed by atoms with Gasteiger partial charge in [-0.2, -0.15) is 5.10 Å². The van der Waals surface area contributed by atoms with Crippen LogP contribution in [0.2, 0.25) is 15.1 Å². The quantitative estimate of drug-likeness (QED) is 0.584. The smallest absolute Gasteiger partial charge is 0.280 e. The van der Waals surface area contributed by atoms with Gasteiger partial charge in [-0.25, -0.2) is 5.43 Å². The van der Waals surface area contributed by atoms with Crippen LogP contribution in [0.25, 0.3) is 0 Å². The number of carbonyl (C=O) groups is 1. The van der Waals surface area contributed by atoms with Crippen molar-refractivity contribution in [2.24, 2.45) is 5.10 Å². The maximum absolute atomic E-state index is 12.1. The molecule has 0 aromatic heterocycles. The SMILES string of the molecule is C/C(=N\NC(=O)C(C)Oc1ccc(Cl)cc1Cl)c1ccc(Cl)cc1. The second kappa shape index (κ2) is 8.38. The zero-order valence-corrected chi connectivity index (χ0v) is 15.3. The van der Waals surface area contributed by atoms with Crippen LogP contribution < -0.4 is 10.2 Å². The lowest BCUT2D eigenvalue weighted by Gasteiger charge is -2.14. The van der Waals surface area contributed by atoms with Crippen molar-refractivity contribution < 1.29 is 9.53 Å². The first-order valence-corrected chi connectivity index (χ1v) is 8.22. The molecule has 24 heavy (non-hydrogen) atoms. The van der Waals surface area contributed by atoms with Gasteiger partial charge in [0.05, 0.1) is 10.7 Å². The Balaban J connectivity index is 1.98. The molecule has 2 aromatic carbocycles. The second-order valence-electron chi connectivity index (χ2n) is 5.01. The molecular weight excluding hydrogens is 371 g/mol. The number of hydrazone groups is 1. The number of ether oxygens (including phenoxy) is 1. The molecule has 1 amide bonds. The van der Waals surface area contributed by atoms with E-state index >= 15 is 0 Å². The van der Waals surface area contributed by atoms with Gasteiger partial charge in [-0.1, -0.05) is 46.9 Å². The number of hydrogen-bond acceptors (Lipinski definition) is 3. The van der Waals surface area contributed by atoms with Crippen LogP contribution in [0.4, 0.5) is 0 Å². The van der Waals surface area contributed by atoms with Crippen molar-refractivity contribution in [3.8, 4) is 5.75 Å². The predicted molar refractivity (Wildman–Crippen MR) is 98.4 cm³/mol. The van der Waals surface area contributed by atoms with Gasteiger partial charge in [0.25, 0.3) is 5.91 Å². The highest BCUT2D eigenvalue weighted by Gasteiger charge is 2.16. The number of halogens is 3. The van der Waals surface area contributed by atoms with E-state index in [1.54, 1.807) is 44.2 Å². The molecule has 2 aromatic rings. The number of carbonyl (C=O) groups excluding carboxylic acids is 1. The number of nitrogens with one attached hydrogen (secondary N) is 1. The first kappa shape index (κ1) is 18.6. The summed E-state index contributed by atoms with van der Waals surface area (Å²) < 4.78 is 5.53. The predicted octanol–water partition coefficient (Wildman–Crippen LogP) is 4.95. The monoisotopic (exact) mass is 384 g/mol. The van der Waals surface area contributed by atoms with E-state index in [-0.39, 0.29) is 0 Å². The number of nitrogens with zero attached hydrogens (tertiary/aromatic N) is 1. The van der Waals surface area contributed by atoms with E-state index in [1.807, 2.05) is 12.1 Å². The van der Waals surface area contributed by atoms with Gasteiger partial charge in [-0.05, 0) is 49.7 Å². The Kier molecular flexibility index (Phi) is 6.49. The number of amides is 1. The zero-order chi connectivity index (χ0) is 17.7. The van der Waals surface area contributed by atoms with Gasteiger partial charge in [0, 0.05) is 10.0 Å². The molecule has 7 heteroatoms. The van der Waals surface area contributed by atoms with Crippen LogP contribution in [-0.4, -0.2) is 17.7 Å². The standard InChI is InChI=1S/C17H15Cl3N2O2/c1-10(12-3-5-13(18)6-4-12)21-22-17(23)11(2)24-16-8-7-14(19)9-15(16)20/h3-9,11H,1-2H3,(H,22,23)/b21-10+. The minimum Gasteiger partial charge on any atom is -0.479 e. The molecule has 0 radical (unpaired) electrons. The van der Waals surface area contributed by atoms with E-state index in [0.29, 0.717) is 26.5 Å². The third-order valence-electron chi connectivity index (χ3n) is 3.16. The minimum atomic E-state index is -0.773. The lowest BCUT2D eigenvalue weighted by molar-refractivity contribution is -0.127. The van der Waals surface area contributed by atoms with Crippen LogP contribution in [0, 0.1) is 0 Å². The van der Waals surface area contributed by atoms with E-state index < -0.39 is 12.0 Å². The van der Waals surface area contributed by atoms with Crippen molar-refractivity contribution in [3.05, 3.63) is 63.1 Å². The summed E-state index contributed by atoms with van der Waals surface area (Å²) in [4.78, 5) is 12.1. The van der Waals surface area contributed by atoms with Gasteiger partial charge in [-0.15, -0.1) is 0 Å². The summed E-state index contributed by atoms with van der Waals surface area (Å²) in [6, 6.07) is 11.9. The molecule has 0 spiro atoms. The van der Waals surface area contributed by atoms with Crippen LogP contribution >= 0.6 is 34.8 Å². The summed E-state index contributed by atoms with van der Waals surface area (Å²) in [5.74, 6) is -0.0172. The van der Waals surface area contributed by atoms with Gasteiger partial charge < -0.3 is 4.74 Å². The summed E-state index contributed by atoms with van der Waals surface area (Å²) >= 11 is 17.7. The van der Waals surface area contributed by atoms with Crippen LogP contribution in [0.1, 0.15) is 19.4 Å². The molecule has 0 fully saturated rings. The van der Waals surface area contributed by atoms with Crippen molar-refractivity contribution in [2.45, 2.75) is 20.0 Å². The van der Waals surface area contributed by atoms with Crippen molar-refractivity contribution in [1.82, 2.24) is 5.43 Å². The molecular formula is C17H15Cl3N2O2. The van der Waals surface area contributed by atoms with Crippen molar-refractivity contribution in [3.63, 3.8) is 0 Å². The summed E-state index contributed by atoms with van der Waals surface area (Å²) in [6.45, 7) is 3.39. The third kappa shape index (κ3) is 5.13. The van der Waals surface area contributed by atoms with E-state index in [2.05, 4.69) is 10.5 Å². The van der Waals surface area contributed by atoms with Gasteiger partial charge in [0.15, 0.2) is 6.10 Å². The van der Waals surface area contributed by atoms with Crippen LogP contribution in [-0.2, 0) is 4.79 Å². The molecule has 126 valence electrons. The first-order chi connectivity index (χ1) is 11.4. The topological polar surface area (TPSA) is 50.7 Å². The number of benzene rings is 2. The average Bonchev–Trinajstić information content (AvgIpc) is 2.55. The Labute approximate surface area is 155 Å². The molecule has 0 saturated heterocycles. The molecule has 0 aliphatic heterocycles. The Bertz CT molecular complexity index is 761. The van der Waals surface area contributed by atoms with Crippen molar-refractivity contribution in [2.75, 3.05) is 0 Å². The Morgan fingerprint density at radius 2 is 1.71 bits per heavy atom. The fraction of sp³-hybridized carbons (Fsp3) is 0.176. The Morgan fingerprint density at radius 3 is 2.33 bits per heavy atom. The molecule has 0 heterocycles. The fourth-order valence-electron chi connectivity index (χ4n) is 1.80. The van der Waals surface area contributed by atoms with Crippen molar-refractivity contribution >= 4 is 46.4 Å². The maximum atomic E-state index is 12.1. The van der Waals surface area contributed by atoms with E-state index in [9.17, 15) is 4.79 Å². The first-order valence-electron chi connectivity index (χ1n) is 7.08. The van der Waals surface area contributed by atoms with Crippen LogP contribution in [0.15, 0.2) is 47.6 Å². The van der Waals surface area contributed by atoms with Crippen LogP contribution in [0.5, 0.6) is 5.75 Å². The molecule has 1 atom stereocenters. The molecule has 0 aliphatic carbocycles. The van der Waals surface area contributed by atoms with Gasteiger partial charge in [-0.3, -0.25) is 4.79 Å². The molecule has 0 saturated carbocycles. The highest BCUT2D eigenvalue weighted by atomic mass is 35.5. The van der Waals surface area contributed by atoms with E-state index in [1.165, 1.54) is 0 Å². The summed E-state index contributed by atoms with van der Waals surface area (Å²) in [7, 11) is 0. The average molecular weight is 386 g/mol. The fourth-order valence-corrected chi connectivity index (χ4v) is 2.38. The van der Waals surface area contributed by atoms with Gasteiger partial charge >= 0.3 is 0 Å². The minimum absolute atomic E-state index is 0.336. The lowest BCUT2D eigenvalue weighted by atomic mass is 10.1. The highest BCUT2D eigenvalue weighted by Crippen LogP contribution is 2.28. The molecule has 1 N–H and O–H groups in total. The van der Waals surface area contributed by atoms with E-state index in [0.717, 1.165) is 5.56 Å². The van der Waals surface area contributed by atoms with Crippen molar-refractivity contribution in [1.29, 1.82) is 0 Å². The summed E-state index contributed by atoms with van der Waals surface area (Å²) in [5.41, 5.74) is 3.97. The Hall–Kier alpha value is -1.75. The third-order valence-corrected chi connectivity index (χ3v) is 3.95. The van der Waals surface area contributed by atoms with E-state index in [4.69, 9.17) is 39.5 Å². The van der Waals surface area contributed by atoms with Crippen LogP contribution in [0.3, 0.4) is 0 Å². The zero-order valence-electron chi connectivity index (χ0n) is 13.0. The molecule has 2 rings (SSSR count). The van der Waals surface area contributed by atoms with Gasteiger partial charge in [0.2, 0.25) is 0 Å². The number of rotatable bonds is 5. The Morgan fingerprint density at radius 1 is 1.08 bits per heavy atom. The van der Waals surface area contributed by atoms with Gasteiger partial charge in [0.1, 0.15) is 5.75 Å². The number of hydrogen-bond donors (Lipinski definition) is 1. The summed E-state index contributed by atoms with van der Waals surface area (Å²) in [6.07, 6.45) is -0.773. The molecule has 0 aliphatic rings. The molecule has 0 bridgehead atoms. The maximum Gasteiger partial charge on any atom is 0.280 e. The molecule has 1 unspecified atom stereocenters. The lowest BCUT2D eigenvalue weighted by Crippen LogP contribution is -2.34. The summed E-state index contributed by atoms with van der Waals surface area (Å²) in [5, 5.41) is 5.53. The largest absolute Gasteiger partial charge is 0.479 e. The second-order valence-corrected chi connectivity index (χ2v) is 6.30.